The lowest BCUT2D eigenvalue weighted by Gasteiger charge is -2.02. The van der Waals surface area contributed by atoms with Crippen molar-refractivity contribution < 1.29 is 0 Å². The predicted octanol–water partition coefficient (Wildman–Crippen LogP) is 3.37. The van der Waals surface area contributed by atoms with E-state index < -0.39 is 0 Å². The number of thiazole rings is 1. The fourth-order valence-corrected chi connectivity index (χ4v) is 2.88. The van der Waals surface area contributed by atoms with Crippen molar-refractivity contribution in [2.75, 3.05) is 0 Å². The summed E-state index contributed by atoms with van der Waals surface area (Å²) in [4.78, 5) is 14.1. The van der Waals surface area contributed by atoms with E-state index in [4.69, 9.17) is 0 Å². The van der Waals surface area contributed by atoms with E-state index in [1.165, 1.54) is 22.5 Å². The molecule has 0 aliphatic rings. The molecule has 1 N–H and O–H groups in total. The minimum atomic E-state index is 0.0187. The van der Waals surface area contributed by atoms with Crippen LogP contribution in [0.3, 0.4) is 0 Å². The number of nitrogens with one attached hydrogen (secondary N) is 1. The summed E-state index contributed by atoms with van der Waals surface area (Å²) >= 11 is 1.28. The van der Waals surface area contributed by atoms with Crippen LogP contribution in [0.4, 0.5) is 0 Å². The summed E-state index contributed by atoms with van der Waals surface area (Å²) in [5, 5.41) is 0. The first kappa shape index (κ1) is 11.2. The van der Waals surface area contributed by atoms with Crippen LogP contribution in [0.2, 0.25) is 0 Å². The standard InChI is InChI=1S/C15H13NOS/c17-15-16-13-9-8-12(10-14(13)18-15)7-6-11-4-2-1-3-5-11/h1-5,8-10H,6-7H2,(H,16,17). The SMILES string of the molecule is O=c1[nH]c2ccc(CCc3ccccc3)cc2s1. The number of aromatic nitrogens is 1. The highest BCUT2D eigenvalue weighted by Gasteiger charge is 2.01. The maximum atomic E-state index is 11.2. The monoisotopic (exact) mass is 255 g/mol. The number of aromatic amines is 1. The van der Waals surface area contributed by atoms with Crippen molar-refractivity contribution in [2.24, 2.45) is 0 Å². The Morgan fingerprint density at radius 2 is 1.72 bits per heavy atom. The maximum absolute atomic E-state index is 11.2. The fraction of sp³-hybridized carbons (Fsp3) is 0.133. The van der Waals surface area contributed by atoms with E-state index in [1.807, 2.05) is 12.1 Å². The highest BCUT2D eigenvalue weighted by molar-refractivity contribution is 7.16. The van der Waals surface area contributed by atoms with Gasteiger partial charge in [0, 0.05) is 0 Å². The number of fused-ring (bicyclic) bond motifs is 1. The average molecular weight is 255 g/mol. The van der Waals surface area contributed by atoms with Gasteiger partial charge in [0.25, 0.3) is 0 Å². The molecule has 1 heterocycles. The highest BCUT2D eigenvalue weighted by Crippen LogP contribution is 2.17. The Bertz CT molecular complexity index is 712. The summed E-state index contributed by atoms with van der Waals surface area (Å²) in [6.07, 6.45) is 2.04. The topological polar surface area (TPSA) is 32.9 Å². The zero-order valence-corrected chi connectivity index (χ0v) is 10.7. The zero-order chi connectivity index (χ0) is 12.4. The summed E-state index contributed by atoms with van der Waals surface area (Å²) in [6.45, 7) is 0. The summed E-state index contributed by atoms with van der Waals surface area (Å²) in [5.41, 5.74) is 3.56. The predicted molar refractivity (Wildman–Crippen MR) is 76.3 cm³/mol. The number of benzene rings is 2. The molecule has 0 fully saturated rings. The molecule has 3 aromatic rings. The van der Waals surface area contributed by atoms with Gasteiger partial charge in [-0.3, -0.25) is 4.79 Å². The van der Waals surface area contributed by atoms with E-state index >= 15 is 0 Å². The van der Waals surface area contributed by atoms with Crippen molar-refractivity contribution in [3.63, 3.8) is 0 Å². The average Bonchev–Trinajstić information content (AvgIpc) is 2.77. The second-order valence-corrected chi connectivity index (χ2v) is 5.35. The van der Waals surface area contributed by atoms with Gasteiger partial charge in [0.05, 0.1) is 10.2 Å². The maximum Gasteiger partial charge on any atom is 0.305 e. The highest BCUT2D eigenvalue weighted by atomic mass is 32.1. The Hall–Kier alpha value is -1.87. The molecule has 18 heavy (non-hydrogen) atoms. The molecule has 0 saturated heterocycles. The third-order valence-corrected chi connectivity index (χ3v) is 3.88. The molecule has 3 rings (SSSR count). The van der Waals surface area contributed by atoms with E-state index in [1.54, 1.807) is 0 Å². The lowest BCUT2D eigenvalue weighted by molar-refractivity contribution is 0.962. The Kier molecular flexibility index (Phi) is 2.99. The minimum Gasteiger partial charge on any atom is -0.312 e. The van der Waals surface area contributed by atoms with Gasteiger partial charge >= 0.3 is 4.87 Å². The molecule has 2 nitrogen and oxygen atoms in total. The van der Waals surface area contributed by atoms with Crippen LogP contribution in [0.15, 0.2) is 53.3 Å². The number of aryl methyl sites for hydroxylation is 2. The first-order valence-electron chi connectivity index (χ1n) is 5.97. The van der Waals surface area contributed by atoms with Crippen molar-refractivity contribution in [3.05, 3.63) is 69.3 Å². The van der Waals surface area contributed by atoms with Gasteiger partial charge in [-0.15, -0.1) is 0 Å². The zero-order valence-electron chi connectivity index (χ0n) is 9.85. The molecular formula is C15H13NOS. The van der Waals surface area contributed by atoms with Gasteiger partial charge in [0.15, 0.2) is 0 Å². The van der Waals surface area contributed by atoms with Crippen LogP contribution < -0.4 is 4.87 Å². The molecule has 3 heteroatoms. The van der Waals surface area contributed by atoms with E-state index in [0.717, 1.165) is 23.1 Å². The molecule has 1 aromatic heterocycles. The van der Waals surface area contributed by atoms with Gasteiger partial charge in [0.2, 0.25) is 0 Å². The van der Waals surface area contributed by atoms with Gasteiger partial charge < -0.3 is 4.98 Å². The second-order valence-electron chi connectivity index (χ2n) is 4.33. The van der Waals surface area contributed by atoms with Crippen molar-refractivity contribution in [2.45, 2.75) is 12.8 Å². The molecule has 0 aliphatic carbocycles. The van der Waals surface area contributed by atoms with E-state index in [2.05, 4.69) is 41.4 Å². The molecule has 0 aliphatic heterocycles. The largest absolute Gasteiger partial charge is 0.312 e. The first-order valence-corrected chi connectivity index (χ1v) is 6.78. The van der Waals surface area contributed by atoms with Crippen LogP contribution in [-0.4, -0.2) is 4.98 Å². The molecule has 2 aromatic carbocycles. The molecule has 90 valence electrons. The molecular weight excluding hydrogens is 242 g/mol. The number of hydrogen-bond donors (Lipinski definition) is 1. The summed E-state index contributed by atoms with van der Waals surface area (Å²) in [7, 11) is 0. The van der Waals surface area contributed by atoms with Gasteiger partial charge in [-0.1, -0.05) is 47.7 Å². The molecule has 0 radical (unpaired) electrons. The number of rotatable bonds is 3. The number of hydrogen-bond acceptors (Lipinski definition) is 2. The Balaban J connectivity index is 1.80. The molecule has 0 saturated carbocycles. The molecule has 0 amide bonds. The Morgan fingerprint density at radius 1 is 0.944 bits per heavy atom. The normalized spacial score (nSPS) is 10.9. The van der Waals surface area contributed by atoms with Crippen LogP contribution in [0.1, 0.15) is 11.1 Å². The summed E-state index contributed by atoms with van der Waals surface area (Å²) in [6, 6.07) is 16.7. The van der Waals surface area contributed by atoms with Gasteiger partial charge in [-0.05, 0) is 36.1 Å². The van der Waals surface area contributed by atoms with Crippen molar-refractivity contribution in [1.82, 2.24) is 4.98 Å². The fourth-order valence-electron chi connectivity index (χ4n) is 2.08. The van der Waals surface area contributed by atoms with Gasteiger partial charge in [-0.2, -0.15) is 0 Å². The van der Waals surface area contributed by atoms with Gasteiger partial charge in [0.1, 0.15) is 0 Å². The van der Waals surface area contributed by atoms with Crippen LogP contribution in [0, 0.1) is 0 Å². The lowest BCUT2D eigenvalue weighted by atomic mass is 10.0. The van der Waals surface area contributed by atoms with Crippen LogP contribution in [0.5, 0.6) is 0 Å². The lowest BCUT2D eigenvalue weighted by Crippen LogP contribution is -1.91. The van der Waals surface area contributed by atoms with Crippen LogP contribution in [0.25, 0.3) is 10.2 Å². The van der Waals surface area contributed by atoms with Crippen molar-refractivity contribution >= 4 is 21.6 Å². The van der Waals surface area contributed by atoms with Crippen LogP contribution >= 0.6 is 11.3 Å². The third kappa shape index (κ3) is 2.36. The van der Waals surface area contributed by atoms with E-state index in [-0.39, 0.29) is 4.87 Å². The van der Waals surface area contributed by atoms with Crippen molar-refractivity contribution in [1.29, 1.82) is 0 Å². The third-order valence-electron chi connectivity index (χ3n) is 3.03. The Labute approximate surface area is 109 Å². The molecule has 0 atom stereocenters. The van der Waals surface area contributed by atoms with Crippen molar-refractivity contribution in [3.8, 4) is 0 Å². The molecule has 0 unspecified atom stereocenters. The molecule has 0 bridgehead atoms. The second kappa shape index (κ2) is 4.78. The van der Waals surface area contributed by atoms with E-state index in [9.17, 15) is 4.79 Å². The number of H-pyrrole nitrogens is 1. The Morgan fingerprint density at radius 3 is 2.56 bits per heavy atom. The smallest absolute Gasteiger partial charge is 0.305 e. The quantitative estimate of drug-likeness (QED) is 0.764. The van der Waals surface area contributed by atoms with E-state index in [0.29, 0.717) is 0 Å². The summed E-state index contributed by atoms with van der Waals surface area (Å²) < 4.78 is 1.05. The summed E-state index contributed by atoms with van der Waals surface area (Å²) in [5.74, 6) is 0. The minimum absolute atomic E-state index is 0.0187. The van der Waals surface area contributed by atoms with Gasteiger partial charge in [-0.25, -0.2) is 0 Å². The molecule has 0 spiro atoms. The van der Waals surface area contributed by atoms with Crippen LogP contribution in [-0.2, 0) is 12.8 Å². The first-order chi connectivity index (χ1) is 8.81.